The van der Waals surface area contributed by atoms with Gasteiger partial charge in [0.2, 0.25) is 5.91 Å². The lowest BCUT2D eigenvalue weighted by Gasteiger charge is -2.36. The molecule has 1 saturated heterocycles. The molecule has 1 N–H and O–H groups in total. The molecule has 0 aliphatic carbocycles. The molecule has 2 aromatic rings. The smallest absolute Gasteiger partial charge is 0.332 e. The topological polar surface area (TPSA) is 89.6 Å². The highest BCUT2D eigenvalue weighted by molar-refractivity contribution is 6.43. The van der Waals surface area contributed by atoms with Crippen LogP contribution >= 0.6 is 23.2 Å². The Morgan fingerprint density at radius 2 is 1.88 bits per heavy atom. The number of carbonyl (C=O) groups excluding carboxylic acids is 2. The summed E-state index contributed by atoms with van der Waals surface area (Å²) in [6, 6.07) is 11.5. The fourth-order valence-electron chi connectivity index (χ4n) is 4.78. The Hall–Kier alpha value is -2.56. The largest absolute Gasteiger partial charge is 0.494 e. The Kier molecular flexibility index (Phi) is 11.7. The minimum absolute atomic E-state index is 0.0133. The van der Waals surface area contributed by atoms with E-state index < -0.39 is 11.9 Å². The van der Waals surface area contributed by atoms with Gasteiger partial charge in [-0.3, -0.25) is 9.69 Å². The van der Waals surface area contributed by atoms with Crippen LogP contribution < -0.4 is 15.0 Å². The first kappa shape index (κ1) is 30.4. The van der Waals surface area contributed by atoms with Crippen LogP contribution in [0.1, 0.15) is 18.4 Å². The number of amides is 1. The Bertz CT molecular complexity index is 1140. The maximum absolute atomic E-state index is 12.6. The van der Waals surface area contributed by atoms with Crippen LogP contribution in [0.25, 0.3) is 0 Å². The van der Waals surface area contributed by atoms with E-state index in [-0.39, 0.29) is 19.1 Å². The molecular formula is C29H37Cl2N3O6. The molecule has 0 spiro atoms. The highest BCUT2D eigenvalue weighted by Crippen LogP contribution is 2.33. The van der Waals surface area contributed by atoms with Gasteiger partial charge in [-0.2, -0.15) is 0 Å². The zero-order valence-electron chi connectivity index (χ0n) is 22.8. The second-order valence-electron chi connectivity index (χ2n) is 9.89. The van der Waals surface area contributed by atoms with E-state index in [1.165, 1.54) is 0 Å². The van der Waals surface area contributed by atoms with Gasteiger partial charge in [0.15, 0.2) is 0 Å². The number of nitrogens with zero attached hydrogens (tertiary/aromatic N) is 2. The number of hydrogen-bond acceptors (Lipinski definition) is 8. The standard InChI is InChI=1S/C29H37Cl2N3O6/c1-37-15-16-38-20-27(35)40-19-22-17-21-7-8-23(18-25(21)32-29(22)36)39-14-3-2-9-33-10-12-34(13-11-33)26-6-4-5-24(30)28(26)31/h4-8,18,22H,2-3,9-17,19-20H2,1H3,(H,32,36). The predicted octanol–water partition coefficient (Wildman–Crippen LogP) is 4.29. The maximum atomic E-state index is 12.6. The Morgan fingerprint density at radius 3 is 2.67 bits per heavy atom. The van der Waals surface area contributed by atoms with Crippen LogP contribution in [0.15, 0.2) is 36.4 Å². The van der Waals surface area contributed by atoms with E-state index in [0.29, 0.717) is 36.3 Å². The second kappa shape index (κ2) is 15.4. The number of benzene rings is 2. The summed E-state index contributed by atoms with van der Waals surface area (Å²) in [5.74, 6) is -0.380. The van der Waals surface area contributed by atoms with Gasteiger partial charge in [0.1, 0.15) is 19.0 Å². The van der Waals surface area contributed by atoms with Crippen molar-refractivity contribution in [1.29, 1.82) is 0 Å². The second-order valence-corrected chi connectivity index (χ2v) is 10.7. The van der Waals surface area contributed by atoms with Crippen LogP contribution in [-0.4, -0.2) is 89.6 Å². The molecule has 2 heterocycles. The van der Waals surface area contributed by atoms with Gasteiger partial charge in [0.25, 0.3) is 0 Å². The molecule has 1 fully saturated rings. The van der Waals surface area contributed by atoms with Crippen molar-refractivity contribution < 1.29 is 28.5 Å². The lowest BCUT2D eigenvalue weighted by molar-refractivity contribution is -0.151. The van der Waals surface area contributed by atoms with Crippen LogP contribution in [-0.2, 0) is 30.2 Å². The molecule has 0 aromatic heterocycles. The first-order chi connectivity index (χ1) is 19.4. The van der Waals surface area contributed by atoms with E-state index in [9.17, 15) is 9.59 Å². The van der Waals surface area contributed by atoms with Gasteiger partial charge >= 0.3 is 5.97 Å². The number of unbranched alkanes of at least 4 members (excludes halogenated alkanes) is 1. The Labute approximate surface area is 245 Å². The van der Waals surface area contributed by atoms with Crippen LogP contribution in [0.4, 0.5) is 11.4 Å². The van der Waals surface area contributed by atoms with Gasteiger partial charge in [-0.15, -0.1) is 0 Å². The minimum atomic E-state index is -0.497. The quantitative estimate of drug-likeness (QED) is 0.256. The number of esters is 1. The van der Waals surface area contributed by atoms with E-state index in [0.717, 1.165) is 68.3 Å². The molecule has 0 radical (unpaired) electrons. The van der Waals surface area contributed by atoms with Gasteiger partial charge in [-0.1, -0.05) is 35.3 Å². The fourth-order valence-corrected chi connectivity index (χ4v) is 5.19. The van der Waals surface area contributed by atoms with Crippen LogP contribution in [0.5, 0.6) is 5.75 Å². The molecule has 9 nitrogen and oxygen atoms in total. The highest BCUT2D eigenvalue weighted by atomic mass is 35.5. The van der Waals surface area contributed by atoms with E-state index in [1.807, 2.05) is 36.4 Å². The predicted molar refractivity (Wildman–Crippen MR) is 156 cm³/mol. The third-order valence-electron chi connectivity index (χ3n) is 7.06. The summed E-state index contributed by atoms with van der Waals surface area (Å²) < 4.78 is 21.2. The number of halogens is 2. The van der Waals surface area contributed by atoms with Gasteiger partial charge in [0, 0.05) is 45.0 Å². The zero-order valence-corrected chi connectivity index (χ0v) is 24.3. The molecule has 40 heavy (non-hydrogen) atoms. The van der Waals surface area contributed by atoms with Crippen molar-refractivity contribution in [3.63, 3.8) is 0 Å². The van der Waals surface area contributed by atoms with Crippen molar-refractivity contribution in [2.24, 2.45) is 5.92 Å². The summed E-state index contributed by atoms with van der Waals surface area (Å²) in [5.41, 5.74) is 2.73. The SMILES string of the molecule is COCCOCC(=O)OCC1Cc2ccc(OCCCCN3CCN(c4cccc(Cl)c4Cl)CC3)cc2NC1=O. The highest BCUT2D eigenvalue weighted by Gasteiger charge is 2.28. The molecule has 218 valence electrons. The minimum Gasteiger partial charge on any atom is -0.494 e. The molecule has 11 heteroatoms. The Balaban J connectivity index is 1.12. The van der Waals surface area contributed by atoms with Gasteiger partial charge in [-0.05, 0) is 49.6 Å². The lowest BCUT2D eigenvalue weighted by atomic mass is 9.93. The van der Waals surface area contributed by atoms with Gasteiger partial charge in [0.05, 0.1) is 41.5 Å². The summed E-state index contributed by atoms with van der Waals surface area (Å²) in [4.78, 5) is 29.1. The normalized spacial score (nSPS) is 17.3. The van der Waals surface area contributed by atoms with Crippen molar-refractivity contribution in [1.82, 2.24) is 4.90 Å². The van der Waals surface area contributed by atoms with E-state index in [2.05, 4.69) is 15.1 Å². The summed E-state index contributed by atoms with van der Waals surface area (Å²) in [7, 11) is 1.56. The van der Waals surface area contributed by atoms with Crippen LogP contribution in [0, 0.1) is 5.92 Å². The molecule has 2 aliphatic rings. The number of rotatable bonds is 14. The third kappa shape index (κ3) is 8.72. The van der Waals surface area contributed by atoms with Gasteiger partial charge < -0.3 is 29.2 Å². The first-order valence-electron chi connectivity index (χ1n) is 13.6. The number of ether oxygens (including phenoxy) is 4. The van der Waals surface area contributed by atoms with Crippen molar-refractivity contribution in [3.05, 3.63) is 52.0 Å². The van der Waals surface area contributed by atoms with Crippen molar-refractivity contribution in [2.75, 3.05) is 83.1 Å². The number of hydrogen-bond donors (Lipinski definition) is 1. The summed E-state index contributed by atoms with van der Waals surface area (Å²) in [6.07, 6.45) is 2.47. The molecule has 2 aliphatic heterocycles. The lowest BCUT2D eigenvalue weighted by Crippen LogP contribution is -2.46. The molecule has 1 amide bonds. The molecule has 0 saturated carbocycles. The number of fused-ring (bicyclic) bond motifs is 1. The third-order valence-corrected chi connectivity index (χ3v) is 7.86. The first-order valence-corrected chi connectivity index (χ1v) is 14.4. The average Bonchev–Trinajstić information content (AvgIpc) is 2.96. The number of piperazine rings is 1. The van der Waals surface area contributed by atoms with Crippen molar-refractivity contribution in [3.8, 4) is 5.75 Å². The Morgan fingerprint density at radius 1 is 1.05 bits per heavy atom. The summed E-state index contributed by atoms with van der Waals surface area (Å²) in [5, 5.41) is 4.13. The number of methoxy groups -OCH3 is 1. The van der Waals surface area contributed by atoms with Crippen LogP contribution in [0.2, 0.25) is 10.0 Å². The number of nitrogens with one attached hydrogen (secondary N) is 1. The summed E-state index contributed by atoms with van der Waals surface area (Å²) >= 11 is 12.6. The molecule has 1 unspecified atom stereocenters. The monoisotopic (exact) mass is 593 g/mol. The van der Waals surface area contributed by atoms with Gasteiger partial charge in [-0.25, -0.2) is 4.79 Å². The van der Waals surface area contributed by atoms with Crippen LogP contribution in [0.3, 0.4) is 0 Å². The summed E-state index contributed by atoms with van der Waals surface area (Å²) in [6.45, 7) is 6.00. The zero-order chi connectivity index (χ0) is 28.3. The van der Waals surface area contributed by atoms with E-state index in [4.69, 9.17) is 42.1 Å². The number of carbonyl (C=O) groups is 2. The molecule has 4 rings (SSSR count). The average molecular weight is 595 g/mol. The number of anilines is 2. The molecule has 2 aromatic carbocycles. The van der Waals surface area contributed by atoms with E-state index in [1.54, 1.807) is 7.11 Å². The van der Waals surface area contributed by atoms with Crippen molar-refractivity contribution in [2.45, 2.75) is 19.3 Å². The molecule has 1 atom stereocenters. The molecule has 0 bridgehead atoms. The molecular weight excluding hydrogens is 557 g/mol. The van der Waals surface area contributed by atoms with E-state index >= 15 is 0 Å². The maximum Gasteiger partial charge on any atom is 0.332 e. The van der Waals surface area contributed by atoms with Crippen molar-refractivity contribution >= 4 is 46.5 Å². The fraction of sp³-hybridized carbons (Fsp3) is 0.517.